The molecule has 7 heteroatoms. The van der Waals surface area contributed by atoms with Crippen molar-refractivity contribution >= 4 is 5.97 Å². The second-order valence-electron chi connectivity index (χ2n) is 6.09. The van der Waals surface area contributed by atoms with Gasteiger partial charge in [-0.3, -0.25) is 0 Å². The van der Waals surface area contributed by atoms with Gasteiger partial charge in [0, 0.05) is 5.56 Å². The van der Waals surface area contributed by atoms with Gasteiger partial charge < -0.3 is 19.3 Å². The van der Waals surface area contributed by atoms with Crippen LogP contribution in [0.4, 0.5) is 0 Å². The molecule has 7 nitrogen and oxygen atoms in total. The maximum atomic E-state index is 12.1. The zero-order valence-electron chi connectivity index (χ0n) is 16.0. The number of hydrogen-bond acceptors (Lipinski definition) is 6. The van der Waals surface area contributed by atoms with Gasteiger partial charge in [0.05, 0.1) is 20.3 Å². The van der Waals surface area contributed by atoms with Gasteiger partial charge in [-0.25, -0.2) is 4.79 Å². The van der Waals surface area contributed by atoms with Crippen molar-refractivity contribution in [2.45, 2.75) is 13.8 Å². The number of ether oxygens (including phenoxy) is 3. The summed E-state index contributed by atoms with van der Waals surface area (Å²) in [7, 11) is 2.91. The first-order valence-electron chi connectivity index (χ1n) is 8.52. The Bertz CT molecular complexity index is 991. The molecular formula is C21H20N2O5. The maximum absolute atomic E-state index is 12.1. The van der Waals surface area contributed by atoms with Gasteiger partial charge in [-0.1, -0.05) is 30.3 Å². The SMILES string of the molecule is COc1cc(OC)nc(Oc2cccc(-c3c(C)cccc3C)c2C(=O)O)n1. The van der Waals surface area contributed by atoms with E-state index in [2.05, 4.69) is 9.97 Å². The molecule has 0 unspecified atom stereocenters. The predicted octanol–water partition coefficient (Wildman–Crippen LogP) is 4.27. The Kier molecular flexibility index (Phi) is 5.44. The van der Waals surface area contributed by atoms with Crippen LogP contribution in [0.3, 0.4) is 0 Å². The lowest BCUT2D eigenvalue weighted by atomic mass is 9.92. The Morgan fingerprint density at radius 3 is 2.04 bits per heavy atom. The van der Waals surface area contributed by atoms with Crippen molar-refractivity contribution in [3.8, 4) is 34.6 Å². The van der Waals surface area contributed by atoms with Crippen molar-refractivity contribution in [2.24, 2.45) is 0 Å². The summed E-state index contributed by atoms with van der Waals surface area (Å²) in [6.07, 6.45) is 0. The van der Waals surface area contributed by atoms with Crippen molar-refractivity contribution in [1.29, 1.82) is 0 Å². The average molecular weight is 380 g/mol. The summed E-state index contributed by atoms with van der Waals surface area (Å²) in [6, 6.07) is 12.3. The molecule has 0 aliphatic rings. The monoisotopic (exact) mass is 380 g/mol. The highest BCUT2D eigenvalue weighted by atomic mass is 16.5. The summed E-state index contributed by atoms with van der Waals surface area (Å²) in [4.78, 5) is 20.3. The third-order valence-corrected chi connectivity index (χ3v) is 4.27. The molecule has 0 amide bonds. The van der Waals surface area contributed by atoms with E-state index >= 15 is 0 Å². The van der Waals surface area contributed by atoms with Crippen LogP contribution in [0.2, 0.25) is 0 Å². The minimum absolute atomic E-state index is 0.0327. The van der Waals surface area contributed by atoms with E-state index in [4.69, 9.17) is 14.2 Å². The molecule has 1 heterocycles. The maximum Gasteiger partial charge on any atom is 0.340 e. The van der Waals surface area contributed by atoms with E-state index < -0.39 is 5.97 Å². The minimum Gasteiger partial charge on any atom is -0.481 e. The fourth-order valence-electron chi connectivity index (χ4n) is 3.02. The number of nitrogens with zero attached hydrogens (tertiary/aromatic N) is 2. The highest BCUT2D eigenvalue weighted by Crippen LogP contribution is 2.36. The van der Waals surface area contributed by atoms with E-state index in [9.17, 15) is 9.90 Å². The molecule has 3 rings (SSSR count). The molecule has 0 radical (unpaired) electrons. The van der Waals surface area contributed by atoms with Gasteiger partial charge in [0.1, 0.15) is 11.3 Å². The number of hydrogen-bond donors (Lipinski definition) is 1. The van der Waals surface area contributed by atoms with E-state index in [1.54, 1.807) is 18.2 Å². The van der Waals surface area contributed by atoms with Crippen LogP contribution in [-0.4, -0.2) is 35.3 Å². The lowest BCUT2D eigenvalue weighted by Crippen LogP contribution is -2.06. The summed E-state index contributed by atoms with van der Waals surface area (Å²) in [5.41, 5.74) is 3.40. The van der Waals surface area contributed by atoms with Gasteiger partial charge in [-0.2, -0.15) is 9.97 Å². The van der Waals surface area contributed by atoms with Crippen LogP contribution in [0.25, 0.3) is 11.1 Å². The summed E-state index contributed by atoms with van der Waals surface area (Å²) in [6.45, 7) is 3.88. The summed E-state index contributed by atoms with van der Waals surface area (Å²) in [5, 5.41) is 9.90. The number of aromatic nitrogens is 2. The minimum atomic E-state index is -1.11. The van der Waals surface area contributed by atoms with Crippen LogP contribution in [0.1, 0.15) is 21.5 Å². The summed E-state index contributed by atoms with van der Waals surface area (Å²) in [5.74, 6) is -0.500. The number of rotatable bonds is 6. The average Bonchev–Trinajstić information content (AvgIpc) is 2.67. The first kappa shape index (κ1) is 19.2. The lowest BCUT2D eigenvalue weighted by molar-refractivity contribution is 0.0695. The Balaban J connectivity index is 2.15. The van der Waals surface area contributed by atoms with Gasteiger partial charge >= 0.3 is 12.0 Å². The van der Waals surface area contributed by atoms with E-state index in [-0.39, 0.29) is 29.1 Å². The molecule has 0 aliphatic carbocycles. The van der Waals surface area contributed by atoms with Gasteiger partial charge in [0.2, 0.25) is 11.8 Å². The number of benzene rings is 2. The topological polar surface area (TPSA) is 90.8 Å². The van der Waals surface area contributed by atoms with Crippen molar-refractivity contribution in [1.82, 2.24) is 9.97 Å². The smallest absolute Gasteiger partial charge is 0.340 e. The van der Waals surface area contributed by atoms with E-state index in [1.165, 1.54) is 20.3 Å². The van der Waals surface area contributed by atoms with E-state index in [0.29, 0.717) is 5.56 Å². The van der Waals surface area contributed by atoms with Crippen LogP contribution in [0.15, 0.2) is 42.5 Å². The highest BCUT2D eigenvalue weighted by molar-refractivity contribution is 6.00. The van der Waals surface area contributed by atoms with E-state index in [0.717, 1.165) is 16.7 Å². The van der Waals surface area contributed by atoms with Gasteiger partial charge in [0.25, 0.3) is 0 Å². The molecule has 0 aliphatic heterocycles. The first-order valence-corrected chi connectivity index (χ1v) is 8.52. The van der Waals surface area contributed by atoms with Crippen LogP contribution in [0, 0.1) is 13.8 Å². The number of carbonyl (C=O) groups is 1. The largest absolute Gasteiger partial charge is 0.481 e. The van der Waals surface area contributed by atoms with Gasteiger partial charge in [-0.15, -0.1) is 0 Å². The molecule has 2 aromatic carbocycles. The Hall–Kier alpha value is -3.61. The van der Waals surface area contributed by atoms with Gasteiger partial charge in [-0.05, 0) is 36.6 Å². The first-order chi connectivity index (χ1) is 13.4. The Morgan fingerprint density at radius 1 is 0.929 bits per heavy atom. The third kappa shape index (κ3) is 3.73. The normalized spacial score (nSPS) is 10.4. The molecule has 28 heavy (non-hydrogen) atoms. The predicted molar refractivity (Wildman–Crippen MR) is 104 cm³/mol. The van der Waals surface area contributed by atoms with Crippen LogP contribution < -0.4 is 14.2 Å². The van der Waals surface area contributed by atoms with Crippen molar-refractivity contribution < 1.29 is 24.1 Å². The zero-order valence-corrected chi connectivity index (χ0v) is 16.0. The van der Waals surface area contributed by atoms with Gasteiger partial charge in [0.15, 0.2) is 0 Å². The fourth-order valence-corrected chi connectivity index (χ4v) is 3.02. The molecule has 0 bridgehead atoms. The molecule has 1 N–H and O–H groups in total. The number of aromatic carboxylic acids is 1. The van der Waals surface area contributed by atoms with Crippen molar-refractivity contribution in [2.75, 3.05) is 14.2 Å². The molecule has 3 aromatic rings. The standard InChI is InChI=1S/C21H20N2O5/c1-12-7-5-8-13(2)18(12)14-9-6-10-15(19(14)20(24)25)28-21-22-16(26-3)11-17(23-21)27-4/h5-11H,1-4H3,(H,24,25). The highest BCUT2D eigenvalue weighted by Gasteiger charge is 2.21. The number of carboxylic acid groups (broad SMARTS) is 1. The molecule has 1 aromatic heterocycles. The third-order valence-electron chi connectivity index (χ3n) is 4.27. The summed E-state index contributed by atoms with van der Waals surface area (Å²) >= 11 is 0. The Labute approximate surface area is 162 Å². The molecule has 0 spiro atoms. The van der Waals surface area contributed by atoms with E-state index in [1.807, 2.05) is 32.0 Å². The number of aryl methyl sites for hydroxylation is 2. The van der Waals surface area contributed by atoms with Crippen LogP contribution >= 0.6 is 0 Å². The molecule has 144 valence electrons. The molecule has 0 fully saturated rings. The molecule has 0 saturated carbocycles. The fraction of sp³-hybridized carbons (Fsp3) is 0.190. The molecular weight excluding hydrogens is 360 g/mol. The second kappa shape index (κ2) is 7.96. The second-order valence-corrected chi connectivity index (χ2v) is 6.09. The number of methoxy groups -OCH3 is 2. The van der Waals surface area contributed by atoms with Crippen LogP contribution in [0.5, 0.6) is 23.5 Å². The van der Waals surface area contributed by atoms with Crippen LogP contribution in [-0.2, 0) is 0 Å². The lowest BCUT2D eigenvalue weighted by Gasteiger charge is -2.15. The number of carboxylic acids is 1. The zero-order chi connectivity index (χ0) is 20.3. The quantitative estimate of drug-likeness (QED) is 0.683. The molecule has 0 atom stereocenters. The Morgan fingerprint density at radius 2 is 1.50 bits per heavy atom. The van der Waals surface area contributed by atoms with Crippen molar-refractivity contribution in [3.63, 3.8) is 0 Å². The molecule has 0 saturated heterocycles. The van der Waals surface area contributed by atoms with Crippen molar-refractivity contribution in [3.05, 3.63) is 59.2 Å². The summed E-state index contributed by atoms with van der Waals surface area (Å²) < 4.78 is 16.0.